The van der Waals surface area contributed by atoms with E-state index in [0.717, 1.165) is 0 Å². The van der Waals surface area contributed by atoms with Gasteiger partial charge < -0.3 is 0 Å². The minimum atomic E-state index is -0.478. The van der Waals surface area contributed by atoms with Gasteiger partial charge in [-0.15, -0.1) is 0 Å². The largest absolute Gasteiger partial charge is 0.275 e. The van der Waals surface area contributed by atoms with Crippen LogP contribution in [-0.4, -0.2) is 16.8 Å². The lowest BCUT2D eigenvalue weighted by molar-refractivity contribution is -0.136. The number of carbonyl (C=O) groups is 2. The van der Waals surface area contributed by atoms with E-state index in [9.17, 15) is 9.59 Å². The van der Waals surface area contributed by atoms with Crippen LogP contribution in [0.3, 0.4) is 0 Å². The summed E-state index contributed by atoms with van der Waals surface area (Å²) < 4.78 is 0. The highest BCUT2D eigenvalue weighted by Gasteiger charge is 2.28. The van der Waals surface area contributed by atoms with Crippen LogP contribution in [0.5, 0.6) is 0 Å². The molecular formula is C10H8N2O2. The Kier molecular flexibility index (Phi) is 1.90. The van der Waals surface area contributed by atoms with Crippen molar-refractivity contribution in [3.05, 3.63) is 42.0 Å². The van der Waals surface area contributed by atoms with E-state index in [1.807, 2.05) is 6.07 Å². The summed E-state index contributed by atoms with van der Waals surface area (Å²) in [5.41, 5.74) is 1.05. The van der Waals surface area contributed by atoms with Crippen LogP contribution in [0.4, 0.5) is 0 Å². The molecule has 2 rings (SSSR count). The number of hydrogen-bond acceptors (Lipinski definition) is 3. The van der Waals surface area contributed by atoms with Crippen LogP contribution in [0.15, 0.2) is 36.4 Å². The summed E-state index contributed by atoms with van der Waals surface area (Å²) in [7, 11) is 0. The fraction of sp³-hybridized carbons (Fsp3) is 0. The Bertz CT molecular complexity index is 423. The quantitative estimate of drug-likeness (QED) is 0.392. The van der Waals surface area contributed by atoms with Gasteiger partial charge >= 0.3 is 0 Å². The lowest BCUT2D eigenvalue weighted by Gasteiger charge is -2.05. The molecule has 0 aromatic heterocycles. The minimum absolute atomic E-state index is 0.345. The first kappa shape index (κ1) is 8.65. The lowest BCUT2D eigenvalue weighted by Crippen LogP contribution is -2.37. The van der Waals surface area contributed by atoms with E-state index < -0.39 is 11.8 Å². The van der Waals surface area contributed by atoms with Crippen molar-refractivity contribution >= 4 is 17.4 Å². The Balaban J connectivity index is 2.43. The van der Waals surface area contributed by atoms with Crippen LogP contribution in [0.2, 0.25) is 0 Å². The maximum Gasteiger partial charge on any atom is 0.275 e. The number of hydrazine groups is 1. The molecule has 70 valence electrons. The van der Waals surface area contributed by atoms with Crippen LogP contribution in [0.1, 0.15) is 5.56 Å². The van der Waals surface area contributed by atoms with Gasteiger partial charge in [0.25, 0.3) is 11.8 Å². The number of nitrogens with zero attached hydrogens (tertiary/aromatic N) is 1. The van der Waals surface area contributed by atoms with E-state index in [2.05, 4.69) is 0 Å². The van der Waals surface area contributed by atoms with E-state index in [4.69, 9.17) is 5.84 Å². The van der Waals surface area contributed by atoms with Gasteiger partial charge in [-0.25, -0.2) is 10.9 Å². The van der Waals surface area contributed by atoms with Gasteiger partial charge in [-0.3, -0.25) is 9.59 Å². The fourth-order valence-corrected chi connectivity index (χ4v) is 1.31. The summed E-state index contributed by atoms with van der Waals surface area (Å²) in [6.45, 7) is 0. The molecule has 0 fully saturated rings. The molecular weight excluding hydrogens is 180 g/mol. The zero-order chi connectivity index (χ0) is 10.1. The normalized spacial score (nSPS) is 16.1. The molecule has 0 unspecified atom stereocenters. The van der Waals surface area contributed by atoms with E-state index in [1.54, 1.807) is 24.3 Å². The van der Waals surface area contributed by atoms with Crippen molar-refractivity contribution in [1.29, 1.82) is 0 Å². The number of nitrogens with two attached hydrogens (primary N) is 1. The average Bonchev–Trinajstić information content (AvgIpc) is 2.47. The summed E-state index contributed by atoms with van der Waals surface area (Å²) in [5, 5.41) is 0.613. The third-order valence-electron chi connectivity index (χ3n) is 2.04. The van der Waals surface area contributed by atoms with Crippen molar-refractivity contribution in [3.63, 3.8) is 0 Å². The van der Waals surface area contributed by atoms with E-state index >= 15 is 0 Å². The molecule has 4 nitrogen and oxygen atoms in total. The molecule has 1 aliphatic heterocycles. The molecule has 0 saturated heterocycles. The first-order valence-corrected chi connectivity index (χ1v) is 4.10. The molecule has 1 aromatic carbocycles. The Morgan fingerprint density at radius 2 is 1.71 bits per heavy atom. The van der Waals surface area contributed by atoms with Crippen LogP contribution >= 0.6 is 0 Å². The van der Waals surface area contributed by atoms with Crippen molar-refractivity contribution in [1.82, 2.24) is 5.01 Å². The zero-order valence-electron chi connectivity index (χ0n) is 7.31. The van der Waals surface area contributed by atoms with Gasteiger partial charge in [-0.05, 0) is 5.56 Å². The number of benzene rings is 1. The molecule has 1 aromatic rings. The van der Waals surface area contributed by atoms with Gasteiger partial charge in [-0.2, -0.15) is 0 Å². The molecule has 0 saturated carbocycles. The summed E-state index contributed by atoms with van der Waals surface area (Å²) in [5.74, 6) is 4.30. The number of hydrogen-bond donors (Lipinski definition) is 1. The predicted molar refractivity (Wildman–Crippen MR) is 50.5 cm³/mol. The van der Waals surface area contributed by atoms with E-state index in [1.165, 1.54) is 6.08 Å². The Hall–Kier alpha value is -1.94. The monoisotopic (exact) mass is 188 g/mol. The van der Waals surface area contributed by atoms with Gasteiger partial charge in [-0.1, -0.05) is 30.3 Å². The van der Waals surface area contributed by atoms with Crippen LogP contribution in [0, 0.1) is 0 Å². The SMILES string of the molecule is NN1C(=O)C=C(c2ccccc2)C1=O. The second-order valence-electron chi connectivity index (χ2n) is 2.94. The van der Waals surface area contributed by atoms with Crippen LogP contribution in [0.25, 0.3) is 5.57 Å². The van der Waals surface area contributed by atoms with Gasteiger partial charge in [0.05, 0.1) is 5.57 Å². The Labute approximate surface area is 80.6 Å². The van der Waals surface area contributed by atoms with Crippen LogP contribution < -0.4 is 5.84 Å². The lowest BCUT2D eigenvalue weighted by atomic mass is 10.1. The third-order valence-corrected chi connectivity index (χ3v) is 2.04. The summed E-state index contributed by atoms with van der Waals surface area (Å²) in [4.78, 5) is 22.5. The molecule has 2 N–H and O–H groups in total. The van der Waals surface area contributed by atoms with E-state index in [-0.39, 0.29) is 0 Å². The highest BCUT2D eigenvalue weighted by Crippen LogP contribution is 2.20. The zero-order valence-corrected chi connectivity index (χ0v) is 7.31. The molecule has 1 heterocycles. The average molecular weight is 188 g/mol. The molecule has 14 heavy (non-hydrogen) atoms. The Morgan fingerprint density at radius 3 is 2.21 bits per heavy atom. The van der Waals surface area contributed by atoms with Crippen molar-refractivity contribution in [2.24, 2.45) is 5.84 Å². The molecule has 1 aliphatic rings. The standard InChI is InChI=1S/C10H8N2O2/c11-12-9(13)6-8(10(12)14)7-4-2-1-3-5-7/h1-6H,11H2. The molecule has 0 bridgehead atoms. The first-order chi connectivity index (χ1) is 6.70. The molecule has 4 heteroatoms. The van der Waals surface area contributed by atoms with Crippen molar-refractivity contribution in [2.75, 3.05) is 0 Å². The van der Waals surface area contributed by atoms with Crippen LogP contribution in [-0.2, 0) is 9.59 Å². The number of imide groups is 1. The minimum Gasteiger partial charge on any atom is -0.268 e. The third kappa shape index (κ3) is 1.22. The maximum absolute atomic E-state index is 11.4. The topological polar surface area (TPSA) is 63.4 Å². The smallest absolute Gasteiger partial charge is 0.268 e. The molecule has 2 amide bonds. The maximum atomic E-state index is 11.4. The summed E-state index contributed by atoms with van der Waals surface area (Å²) in [6.07, 6.45) is 1.25. The first-order valence-electron chi connectivity index (χ1n) is 4.10. The van der Waals surface area contributed by atoms with Crippen molar-refractivity contribution < 1.29 is 9.59 Å². The summed E-state index contributed by atoms with van der Waals surface area (Å²) >= 11 is 0. The Morgan fingerprint density at radius 1 is 1.07 bits per heavy atom. The fourth-order valence-electron chi connectivity index (χ4n) is 1.31. The molecule has 0 radical (unpaired) electrons. The van der Waals surface area contributed by atoms with Gasteiger partial charge in [0.15, 0.2) is 0 Å². The van der Waals surface area contributed by atoms with E-state index in [0.29, 0.717) is 16.1 Å². The number of rotatable bonds is 1. The molecule has 0 aliphatic carbocycles. The predicted octanol–water partition coefficient (Wildman–Crippen LogP) is 0.313. The molecule has 0 spiro atoms. The summed E-state index contributed by atoms with van der Waals surface area (Å²) in [6, 6.07) is 8.96. The van der Waals surface area contributed by atoms with Crippen molar-refractivity contribution in [2.45, 2.75) is 0 Å². The number of carbonyl (C=O) groups excluding carboxylic acids is 2. The second kappa shape index (κ2) is 3.08. The van der Waals surface area contributed by atoms with Crippen molar-refractivity contribution in [3.8, 4) is 0 Å². The van der Waals surface area contributed by atoms with Gasteiger partial charge in [0.1, 0.15) is 0 Å². The number of amides is 2. The second-order valence-corrected chi connectivity index (χ2v) is 2.94. The van der Waals surface area contributed by atoms with Gasteiger partial charge in [0, 0.05) is 6.08 Å². The van der Waals surface area contributed by atoms with Gasteiger partial charge in [0.2, 0.25) is 0 Å². The highest BCUT2D eigenvalue weighted by molar-refractivity contribution is 6.32. The highest BCUT2D eigenvalue weighted by atomic mass is 16.2. The molecule has 0 atom stereocenters.